The summed E-state index contributed by atoms with van der Waals surface area (Å²) in [5, 5.41) is 0.743. The van der Waals surface area contributed by atoms with Gasteiger partial charge >= 0.3 is 0 Å². The first-order valence-electron chi connectivity index (χ1n) is 3.65. The van der Waals surface area contributed by atoms with Gasteiger partial charge in [-0.1, -0.05) is 41.5 Å². The molecule has 0 amide bonds. The molecule has 0 saturated heterocycles. The van der Waals surface area contributed by atoms with Gasteiger partial charge in [0.05, 0.1) is 0 Å². The Morgan fingerprint density at radius 2 is 1.00 bits per heavy atom. The van der Waals surface area contributed by atoms with Crippen molar-refractivity contribution in [2.24, 2.45) is 0 Å². The van der Waals surface area contributed by atoms with Crippen LogP contribution in [-0.4, -0.2) is 10.3 Å². The first kappa shape index (κ1) is 10.8. The Morgan fingerprint density at radius 1 is 0.800 bits per heavy atom. The highest BCUT2D eigenvalue weighted by Gasteiger charge is 2.31. The van der Waals surface area contributed by atoms with E-state index in [2.05, 4.69) is 53.8 Å². The van der Waals surface area contributed by atoms with E-state index in [-0.39, 0.29) is 7.12 Å². The van der Waals surface area contributed by atoms with Crippen LogP contribution in [-0.2, 0) is 0 Å². The van der Waals surface area contributed by atoms with Crippen LogP contribution in [0.25, 0.3) is 0 Å². The van der Waals surface area contributed by atoms with Crippen molar-refractivity contribution in [2.75, 3.05) is 0 Å². The molecule has 2 heteroatoms. The molecule has 0 bridgehead atoms. The minimum atomic E-state index is -0.168. The van der Waals surface area contributed by atoms with Crippen LogP contribution >= 0.6 is 19.4 Å². The first-order chi connectivity index (χ1) is 4.15. The molecular formula is C8H19PS. The lowest BCUT2D eigenvalue weighted by atomic mass is 10.2. The SMILES string of the molecule is CC(C)(C)P(S)C(C)(C)C. The van der Waals surface area contributed by atoms with Crippen molar-refractivity contribution < 1.29 is 0 Å². The lowest BCUT2D eigenvalue weighted by molar-refractivity contribution is 0.721. The summed E-state index contributed by atoms with van der Waals surface area (Å²) in [6, 6.07) is 0. The number of rotatable bonds is 0. The molecule has 0 aromatic rings. The smallest absolute Gasteiger partial charge is 0.00850 e. The summed E-state index contributed by atoms with van der Waals surface area (Å²) >= 11 is 4.66. The predicted octanol–water partition coefficient (Wildman–Crippen LogP) is 3.91. The van der Waals surface area contributed by atoms with Gasteiger partial charge in [-0.05, 0) is 17.4 Å². The summed E-state index contributed by atoms with van der Waals surface area (Å²) in [7, 11) is -0.168. The van der Waals surface area contributed by atoms with Gasteiger partial charge in [-0.25, -0.2) is 0 Å². The monoisotopic (exact) mass is 178 g/mol. The lowest BCUT2D eigenvalue weighted by Crippen LogP contribution is -2.21. The zero-order valence-corrected chi connectivity index (χ0v) is 9.68. The van der Waals surface area contributed by atoms with E-state index in [0.717, 1.165) is 0 Å². The summed E-state index contributed by atoms with van der Waals surface area (Å²) in [6.07, 6.45) is 0. The molecule has 0 unspecified atom stereocenters. The fourth-order valence-electron chi connectivity index (χ4n) is 1.01. The largest absolute Gasteiger partial charge is 0.150 e. The van der Waals surface area contributed by atoms with Crippen molar-refractivity contribution in [1.29, 1.82) is 0 Å². The maximum Gasteiger partial charge on any atom is -0.00850 e. The second-order valence-electron chi connectivity index (χ2n) is 4.65. The Morgan fingerprint density at radius 3 is 1.00 bits per heavy atom. The van der Waals surface area contributed by atoms with E-state index in [0.29, 0.717) is 10.3 Å². The van der Waals surface area contributed by atoms with Crippen LogP contribution in [0, 0.1) is 0 Å². The van der Waals surface area contributed by atoms with E-state index in [1.807, 2.05) is 0 Å². The molecule has 0 atom stereocenters. The molecule has 0 heterocycles. The van der Waals surface area contributed by atoms with Crippen molar-refractivity contribution in [3.05, 3.63) is 0 Å². The van der Waals surface area contributed by atoms with Crippen molar-refractivity contribution in [3.63, 3.8) is 0 Å². The zero-order chi connectivity index (χ0) is 8.58. The Kier molecular flexibility index (Phi) is 3.26. The fraction of sp³-hybridized carbons (Fsp3) is 1.00. The van der Waals surface area contributed by atoms with Gasteiger partial charge in [0.2, 0.25) is 0 Å². The molecule has 0 N–H and O–H groups in total. The second kappa shape index (κ2) is 3.03. The van der Waals surface area contributed by atoms with Gasteiger partial charge in [0.25, 0.3) is 0 Å². The van der Waals surface area contributed by atoms with Gasteiger partial charge in [0.1, 0.15) is 0 Å². The quantitative estimate of drug-likeness (QED) is 0.422. The Hall–Kier alpha value is 0.780. The van der Waals surface area contributed by atoms with E-state index in [4.69, 9.17) is 0 Å². The minimum absolute atomic E-state index is 0.168. The van der Waals surface area contributed by atoms with Crippen molar-refractivity contribution in [3.8, 4) is 0 Å². The van der Waals surface area contributed by atoms with Crippen molar-refractivity contribution in [2.45, 2.75) is 51.9 Å². The highest BCUT2D eigenvalue weighted by atomic mass is 32.7. The maximum absolute atomic E-state index is 4.66. The predicted molar refractivity (Wildman–Crippen MR) is 55.4 cm³/mol. The Labute approximate surface area is 71.7 Å². The molecule has 0 fully saturated rings. The average molecular weight is 178 g/mol. The molecule has 0 saturated carbocycles. The highest BCUT2D eigenvalue weighted by molar-refractivity contribution is 8.46. The molecule has 0 rings (SSSR count). The molecule has 0 aliphatic carbocycles. The summed E-state index contributed by atoms with van der Waals surface area (Å²) in [5.74, 6) is 0. The van der Waals surface area contributed by atoms with Crippen LogP contribution in [0.5, 0.6) is 0 Å². The van der Waals surface area contributed by atoms with Crippen LogP contribution in [0.15, 0.2) is 0 Å². The van der Waals surface area contributed by atoms with E-state index in [1.165, 1.54) is 0 Å². The molecule has 0 aliphatic heterocycles. The van der Waals surface area contributed by atoms with Gasteiger partial charge in [0, 0.05) is 0 Å². The van der Waals surface area contributed by atoms with Crippen LogP contribution in [0.3, 0.4) is 0 Å². The third-order valence-corrected chi connectivity index (χ3v) is 7.41. The first-order valence-corrected chi connectivity index (χ1v) is 6.14. The molecule has 0 aromatic heterocycles. The average Bonchev–Trinajstić information content (AvgIpc) is 1.59. The maximum atomic E-state index is 4.66. The zero-order valence-electron chi connectivity index (χ0n) is 7.89. The summed E-state index contributed by atoms with van der Waals surface area (Å²) < 4.78 is 0. The molecule has 10 heavy (non-hydrogen) atoms. The fourth-order valence-corrected chi connectivity index (χ4v) is 3.02. The Balaban J connectivity index is 4.23. The number of hydrogen-bond acceptors (Lipinski definition) is 1. The highest BCUT2D eigenvalue weighted by Crippen LogP contribution is 2.62. The second-order valence-corrected chi connectivity index (χ2v) is 9.16. The van der Waals surface area contributed by atoms with Gasteiger partial charge < -0.3 is 0 Å². The summed E-state index contributed by atoms with van der Waals surface area (Å²) in [4.78, 5) is 0. The Bertz CT molecular complexity index is 93.4. The van der Waals surface area contributed by atoms with Crippen molar-refractivity contribution in [1.82, 2.24) is 0 Å². The molecule has 62 valence electrons. The standard InChI is InChI=1S/C8H19PS/c1-7(2,3)9(10)8(4,5)6/h10H,1-6H3. The normalized spacial score (nSPS) is 14.4. The van der Waals surface area contributed by atoms with E-state index in [9.17, 15) is 0 Å². The van der Waals surface area contributed by atoms with E-state index in [1.54, 1.807) is 0 Å². The molecule has 0 nitrogen and oxygen atoms in total. The van der Waals surface area contributed by atoms with Gasteiger partial charge in [-0.2, -0.15) is 12.2 Å². The molecule has 0 spiro atoms. The molecule has 0 aliphatic rings. The van der Waals surface area contributed by atoms with E-state index < -0.39 is 0 Å². The van der Waals surface area contributed by atoms with Crippen LogP contribution in [0.1, 0.15) is 41.5 Å². The van der Waals surface area contributed by atoms with Gasteiger partial charge in [0.15, 0.2) is 0 Å². The molecule has 0 radical (unpaired) electrons. The molecule has 0 aromatic carbocycles. The lowest BCUT2D eigenvalue weighted by Gasteiger charge is -2.37. The van der Waals surface area contributed by atoms with E-state index >= 15 is 0 Å². The topological polar surface area (TPSA) is 0 Å². The third kappa shape index (κ3) is 3.25. The number of thiol groups is 1. The third-order valence-electron chi connectivity index (χ3n) is 1.27. The van der Waals surface area contributed by atoms with Gasteiger partial charge in [-0.15, -0.1) is 0 Å². The molecular weight excluding hydrogens is 159 g/mol. The number of hydrogen-bond donors (Lipinski definition) is 1. The van der Waals surface area contributed by atoms with Gasteiger partial charge in [-0.3, -0.25) is 0 Å². The van der Waals surface area contributed by atoms with Crippen LogP contribution < -0.4 is 0 Å². The summed E-state index contributed by atoms with van der Waals surface area (Å²) in [6.45, 7) is 13.6. The van der Waals surface area contributed by atoms with Crippen LogP contribution in [0.4, 0.5) is 0 Å². The van der Waals surface area contributed by atoms with Crippen LogP contribution in [0.2, 0.25) is 0 Å². The van der Waals surface area contributed by atoms with Crippen molar-refractivity contribution >= 4 is 19.4 Å². The minimum Gasteiger partial charge on any atom is -0.150 e. The summed E-state index contributed by atoms with van der Waals surface area (Å²) in [5.41, 5.74) is 0.